The lowest BCUT2D eigenvalue weighted by Gasteiger charge is -2.71. The summed E-state index contributed by atoms with van der Waals surface area (Å²) in [5, 5.41) is 11.3. The first kappa shape index (κ1) is 66.1. The van der Waals surface area contributed by atoms with E-state index in [9.17, 15) is 14.7 Å². The Morgan fingerprint density at radius 1 is 0.674 bits per heavy atom. The fraction of sp³-hybridized carbons (Fsp3) is 0.781. The van der Waals surface area contributed by atoms with Gasteiger partial charge in [-0.2, -0.15) is 0 Å². The van der Waals surface area contributed by atoms with Crippen LogP contribution in [0.25, 0.3) is 0 Å². The standard InChI is InChI=1S/C73H112O12Si/c1-17-86(18-2,19-3)85-62-48(7)47(6)56(43-78-42-52-28-24-21-25-29-52)81-65(62)84-63-61(83-64-49(8)46(5)45(4)41-79-64)50(9)55(38-51-26-22-20-23-27-51)80-66(63)82-59-33-34-69(12)57(70(59,13)44-74)32-35-71(14)58(69)31-30-53-54-39-68(10,11)36-37-73(54,67(75)76)60(77-16)40-72(53,71)15/h20-30,44-50,54-66H,17-19,31-43H2,1-16H3,(H,75,76)/t45-,46-,47+,48-,49?,50-,54?,55?,56?,57+,58?,59-,60?,61-,62?,63?,64-,65-,66-,69?,70+,71-,72+,73+/m0/s1. The Hall–Kier alpha value is -2.82. The van der Waals surface area contributed by atoms with Crippen LogP contribution in [0.4, 0.5) is 0 Å². The Morgan fingerprint density at radius 2 is 1.31 bits per heavy atom. The first-order valence-corrected chi connectivity index (χ1v) is 36.5. The fourth-order valence-electron chi connectivity index (χ4n) is 19.5. The number of carboxylic acid groups (broad SMARTS) is 1. The normalized spacial score (nSPS) is 44.9. The van der Waals surface area contributed by atoms with Gasteiger partial charge in [0.2, 0.25) is 0 Å². The molecule has 24 atom stereocenters. The number of allylic oxidation sites excluding steroid dienone is 2. The van der Waals surface area contributed by atoms with Gasteiger partial charge in [0.05, 0.1) is 61.9 Å². The summed E-state index contributed by atoms with van der Waals surface area (Å²) in [6, 6.07) is 23.8. The third-order valence-electron chi connectivity index (χ3n) is 26.3. The predicted molar refractivity (Wildman–Crippen MR) is 338 cm³/mol. The molecule has 0 amide bonds. The number of benzene rings is 2. The molecule has 10 rings (SSSR count). The minimum Gasteiger partial charge on any atom is -0.481 e. The Labute approximate surface area is 519 Å². The molecular formula is C73H112O12Si. The summed E-state index contributed by atoms with van der Waals surface area (Å²) < 4.78 is 65.4. The van der Waals surface area contributed by atoms with Gasteiger partial charge in [-0.1, -0.05) is 176 Å². The van der Waals surface area contributed by atoms with Crippen molar-refractivity contribution in [2.45, 2.75) is 254 Å². The molecule has 7 fully saturated rings. The van der Waals surface area contributed by atoms with E-state index in [0.29, 0.717) is 57.3 Å². The third-order valence-corrected chi connectivity index (χ3v) is 31.0. The molecule has 12 nitrogen and oxygen atoms in total. The van der Waals surface area contributed by atoms with Crippen LogP contribution < -0.4 is 0 Å². The lowest BCUT2D eigenvalue weighted by atomic mass is 9.33. The lowest BCUT2D eigenvalue weighted by Crippen LogP contribution is -2.68. The molecule has 480 valence electrons. The van der Waals surface area contributed by atoms with Gasteiger partial charge < -0.3 is 52.2 Å². The van der Waals surface area contributed by atoms with Crippen LogP contribution >= 0.6 is 0 Å². The molecule has 4 saturated carbocycles. The van der Waals surface area contributed by atoms with E-state index in [0.717, 1.165) is 67.8 Å². The maximum atomic E-state index is 14.7. The maximum absolute atomic E-state index is 14.7. The van der Waals surface area contributed by atoms with Crippen LogP contribution in [-0.2, 0) is 64.9 Å². The summed E-state index contributed by atoms with van der Waals surface area (Å²) in [6.07, 6.45) is 5.90. The second-order valence-corrected chi connectivity index (χ2v) is 35.6. The monoisotopic (exact) mass is 1210 g/mol. The molecule has 9 unspecified atom stereocenters. The summed E-state index contributed by atoms with van der Waals surface area (Å²) in [5.41, 5.74) is 1.10. The Morgan fingerprint density at radius 3 is 1.95 bits per heavy atom. The minimum atomic E-state index is -2.26. The van der Waals surface area contributed by atoms with E-state index in [-0.39, 0.29) is 81.4 Å². The molecule has 3 heterocycles. The zero-order valence-electron chi connectivity index (χ0n) is 55.6. The number of hydrogen-bond donors (Lipinski definition) is 1. The second kappa shape index (κ2) is 25.7. The number of carbonyl (C=O) groups excluding carboxylic acids is 1. The van der Waals surface area contributed by atoms with Crippen molar-refractivity contribution in [1.29, 1.82) is 0 Å². The molecule has 13 heteroatoms. The van der Waals surface area contributed by atoms with Crippen molar-refractivity contribution in [1.82, 2.24) is 0 Å². The summed E-state index contributed by atoms with van der Waals surface area (Å²) >= 11 is 0. The molecule has 3 aliphatic heterocycles. The summed E-state index contributed by atoms with van der Waals surface area (Å²) in [5.74, 6) is 0.220. The molecule has 3 saturated heterocycles. The molecule has 8 aliphatic rings. The number of aliphatic carboxylic acids is 1. The van der Waals surface area contributed by atoms with Crippen LogP contribution in [0.2, 0.25) is 18.1 Å². The number of aldehydes is 1. The number of hydrogen-bond acceptors (Lipinski definition) is 11. The van der Waals surface area contributed by atoms with Crippen molar-refractivity contribution in [2.75, 3.05) is 20.3 Å². The molecule has 2 aromatic carbocycles. The molecule has 1 N–H and O–H groups in total. The number of carboxylic acids is 1. The van der Waals surface area contributed by atoms with Gasteiger partial charge in [-0.25, -0.2) is 0 Å². The van der Waals surface area contributed by atoms with Crippen LogP contribution in [0.3, 0.4) is 0 Å². The quantitative estimate of drug-likeness (QED) is 0.0585. The number of fused-ring (bicyclic) bond motifs is 7. The summed E-state index contributed by atoms with van der Waals surface area (Å²) in [7, 11) is -0.515. The van der Waals surface area contributed by atoms with Crippen LogP contribution in [0.15, 0.2) is 72.3 Å². The lowest BCUT2D eigenvalue weighted by molar-refractivity contribution is -0.381. The topological polar surface area (TPSA) is 137 Å². The second-order valence-electron chi connectivity index (χ2n) is 30.9. The molecule has 2 aromatic rings. The van der Waals surface area contributed by atoms with Crippen LogP contribution in [0.5, 0.6) is 0 Å². The zero-order chi connectivity index (χ0) is 61.9. The Bertz CT molecular complexity index is 2640. The number of carbonyl (C=O) groups is 2. The van der Waals surface area contributed by atoms with Gasteiger partial charge in [0, 0.05) is 18.9 Å². The van der Waals surface area contributed by atoms with E-state index < -0.39 is 68.4 Å². The van der Waals surface area contributed by atoms with Crippen LogP contribution in [0, 0.1) is 85.8 Å². The predicted octanol–water partition coefficient (Wildman–Crippen LogP) is 15.3. The van der Waals surface area contributed by atoms with Crippen molar-refractivity contribution in [3.05, 3.63) is 83.4 Å². The molecular weight excluding hydrogens is 1100 g/mol. The molecule has 0 spiro atoms. The third kappa shape index (κ3) is 11.6. The van der Waals surface area contributed by atoms with Gasteiger partial charge in [0.1, 0.15) is 17.8 Å². The largest absolute Gasteiger partial charge is 0.481 e. The van der Waals surface area contributed by atoms with Gasteiger partial charge in [0.25, 0.3) is 0 Å². The molecule has 86 heavy (non-hydrogen) atoms. The van der Waals surface area contributed by atoms with E-state index in [2.05, 4.69) is 152 Å². The Balaban J connectivity index is 1.02. The first-order chi connectivity index (χ1) is 40.8. The van der Waals surface area contributed by atoms with Gasteiger partial charge in [-0.3, -0.25) is 4.79 Å². The van der Waals surface area contributed by atoms with Gasteiger partial charge >= 0.3 is 5.97 Å². The van der Waals surface area contributed by atoms with Gasteiger partial charge in [-0.15, -0.1) is 0 Å². The molecule has 0 aromatic heterocycles. The maximum Gasteiger partial charge on any atom is 0.312 e. The Kier molecular flexibility index (Phi) is 19.8. The molecule has 0 bridgehead atoms. The van der Waals surface area contributed by atoms with Gasteiger partial charge in [-0.05, 0) is 157 Å². The molecule has 5 aliphatic carbocycles. The van der Waals surface area contributed by atoms with Crippen molar-refractivity contribution in [3.8, 4) is 0 Å². The highest BCUT2D eigenvalue weighted by molar-refractivity contribution is 6.73. The SMILES string of the molecule is CC[Si](CC)(CC)OC1[C@H](OC2[C@H](O[C@H]3CCC4(C)C5CC=C6C7CC(C)(C)CC[C@]7(C(=O)O)C(OC)C[C@@]6(C)[C@@]5(C)CC[C@H]4[C@@]3(C)C=O)OC(Cc3ccccc3)[C@H](C)[C@@H]2O[C@@H]2OC[C@H](C)[C@H](C)C2C)OC(COCc2ccccc2)[C@H](C)[C@@H]1C. The highest BCUT2D eigenvalue weighted by Crippen LogP contribution is 2.76. The van der Waals surface area contributed by atoms with E-state index in [4.69, 9.17) is 42.3 Å². The van der Waals surface area contributed by atoms with E-state index in [1.165, 1.54) is 11.9 Å². The summed E-state index contributed by atoms with van der Waals surface area (Å²) in [4.78, 5) is 28.4. The average Bonchev–Trinajstić information content (AvgIpc) is 0.688. The minimum absolute atomic E-state index is 0.000856. The number of ether oxygens (including phenoxy) is 8. The van der Waals surface area contributed by atoms with E-state index >= 15 is 0 Å². The van der Waals surface area contributed by atoms with Gasteiger partial charge in [0.15, 0.2) is 27.2 Å². The van der Waals surface area contributed by atoms with Crippen molar-refractivity contribution >= 4 is 20.6 Å². The van der Waals surface area contributed by atoms with Crippen molar-refractivity contribution < 1.29 is 57.0 Å². The highest BCUT2D eigenvalue weighted by atomic mass is 28.4. The fourth-order valence-corrected chi connectivity index (χ4v) is 22.4. The van der Waals surface area contributed by atoms with E-state index in [1.54, 1.807) is 7.11 Å². The number of methoxy groups -OCH3 is 1. The zero-order valence-corrected chi connectivity index (χ0v) is 56.6. The van der Waals surface area contributed by atoms with E-state index in [1.807, 2.05) is 18.2 Å². The van der Waals surface area contributed by atoms with Crippen LogP contribution in [-0.4, -0.2) is 108 Å². The van der Waals surface area contributed by atoms with Crippen molar-refractivity contribution in [2.24, 2.45) is 85.8 Å². The smallest absolute Gasteiger partial charge is 0.312 e. The highest BCUT2D eigenvalue weighted by Gasteiger charge is 2.72. The van der Waals surface area contributed by atoms with Crippen molar-refractivity contribution in [3.63, 3.8) is 0 Å². The molecule has 0 radical (unpaired) electrons. The average molecular weight is 1210 g/mol. The van der Waals surface area contributed by atoms with Crippen LogP contribution in [0.1, 0.15) is 173 Å². The summed E-state index contributed by atoms with van der Waals surface area (Å²) in [6.45, 7) is 36.2. The number of rotatable bonds is 20. The first-order valence-electron chi connectivity index (χ1n) is 34.0.